The van der Waals surface area contributed by atoms with Crippen LogP contribution in [-0.2, 0) is 0 Å². The first-order valence-corrected chi connectivity index (χ1v) is 5.10. The van der Waals surface area contributed by atoms with E-state index in [9.17, 15) is 0 Å². The fraction of sp³-hybridized carbons (Fsp3) is 0. The summed E-state index contributed by atoms with van der Waals surface area (Å²) in [5.74, 6) is 0. The van der Waals surface area contributed by atoms with Crippen LogP contribution < -0.4 is 0 Å². The van der Waals surface area contributed by atoms with Gasteiger partial charge in [-0.15, -0.1) is 11.3 Å². The van der Waals surface area contributed by atoms with Crippen LogP contribution in [0.5, 0.6) is 0 Å². The number of nitrogens with zero attached hydrogens (tertiary/aromatic N) is 1. The van der Waals surface area contributed by atoms with Crippen molar-refractivity contribution in [1.29, 1.82) is 0 Å². The van der Waals surface area contributed by atoms with E-state index in [2.05, 4.69) is 5.16 Å². The van der Waals surface area contributed by atoms with Crippen molar-refractivity contribution >= 4 is 17.6 Å². The van der Waals surface area contributed by atoms with Crippen LogP contribution in [0.25, 0.3) is 11.1 Å². The van der Waals surface area contributed by atoms with Gasteiger partial charge in [0.15, 0.2) is 0 Å². The standard InChI is InChI=1S/C11H9NOS/c13-12-8-11-10(6-7-14-11)9-4-2-1-3-5-9/h1-8,13H/b12-8+. The summed E-state index contributed by atoms with van der Waals surface area (Å²) < 4.78 is 0. The van der Waals surface area contributed by atoms with Crippen LogP contribution in [0, 0.1) is 0 Å². The molecule has 3 heteroatoms. The smallest absolute Gasteiger partial charge is 0.0839 e. The summed E-state index contributed by atoms with van der Waals surface area (Å²) in [7, 11) is 0. The van der Waals surface area contributed by atoms with E-state index in [0.29, 0.717) is 0 Å². The van der Waals surface area contributed by atoms with E-state index in [1.807, 2.05) is 41.8 Å². The summed E-state index contributed by atoms with van der Waals surface area (Å²) >= 11 is 1.56. The van der Waals surface area contributed by atoms with Gasteiger partial charge in [0.2, 0.25) is 0 Å². The number of hydrogen-bond acceptors (Lipinski definition) is 3. The lowest BCUT2D eigenvalue weighted by atomic mass is 10.1. The van der Waals surface area contributed by atoms with Crippen LogP contribution in [0.3, 0.4) is 0 Å². The van der Waals surface area contributed by atoms with E-state index in [4.69, 9.17) is 5.21 Å². The Labute approximate surface area is 86.1 Å². The number of oxime groups is 1. The van der Waals surface area contributed by atoms with Crippen molar-refractivity contribution in [1.82, 2.24) is 0 Å². The van der Waals surface area contributed by atoms with Crippen LogP contribution >= 0.6 is 11.3 Å². The predicted octanol–water partition coefficient (Wildman–Crippen LogP) is 3.22. The molecule has 0 aliphatic heterocycles. The van der Waals surface area contributed by atoms with Crippen LogP contribution in [-0.4, -0.2) is 11.4 Å². The van der Waals surface area contributed by atoms with Crippen molar-refractivity contribution in [3.05, 3.63) is 46.7 Å². The van der Waals surface area contributed by atoms with Gasteiger partial charge in [0.1, 0.15) is 0 Å². The molecular formula is C11H9NOS. The summed E-state index contributed by atoms with van der Waals surface area (Å²) in [5.41, 5.74) is 2.25. The molecule has 0 atom stereocenters. The number of thiophene rings is 1. The largest absolute Gasteiger partial charge is 0.411 e. The van der Waals surface area contributed by atoms with Gasteiger partial charge in [0, 0.05) is 5.56 Å². The van der Waals surface area contributed by atoms with E-state index >= 15 is 0 Å². The summed E-state index contributed by atoms with van der Waals surface area (Å²) in [5, 5.41) is 13.5. The van der Waals surface area contributed by atoms with Gasteiger partial charge in [0.05, 0.1) is 11.1 Å². The normalized spacial score (nSPS) is 10.9. The highest BCUT2D eigenvalue weighted by atomic mass is 32.1. The molecule has 70 valence electrons. The lowest BCUT2D eigenvalue weighted by molar-refractivity contribution is 0.322. The average molecular weight is 203 g/mol. The molecule has 0 saturated carbocycles. The van der Waals surface area contributed by atoms with Crippen molar-refractivity contribution in [2.45, 2.75) is 0 Å². The van der Waals surface area contributed by atoms with E-state index < -0.39 is 0 Å². The topological polar surface area (TPSA) is 32.6 Å². The predicted molar refractivity (Wildman–Crippen MR) is 59.1 cm³/mol. The van der Waals surface area contributed by atoms with Crippen molar-refractivity contribution in [3.8, 4) is 11.1 Å². The van der Waals surface area contributed by atoms with Gasteiger partial charge in [-0.3, -0.25) is 0 Å². The van der Waals surface area contributed by atoms with Gasteiger partial charge in [-0.25, -0.2) is 0 Å². The molecule has 2 nitrogen and oxygen atoms in total. The van der Waals surface area contributed by atoms with Gasteiger partial charge in [-0.2, -0.15) is 0 Å². The van der Waals surface area contributed by atoms with Crippen molar-refractivity contribution in [2.75, 3.05) is 0 Å². The Bertz CT molecular complexity index is 434. The highest BCUT2D eigenvalue weighted by Crippen LogP contribution is 2.26. The van der Waals surface area contributed by atoms with Gasteiger partial charge in [-0.05, 0) is 17.0 Å². The Morgan fingerprint density at radius 3 is 2.64 bits per heavy atom. The first-order chi connectivity index (χ1) is 6.92. The molecule has 0 aliphatic rings. The van der Waals surface area contributed by atoms with Crippen LogP contribution in [0.2, 0.25) is 0 Å². The average Bonchev–Trinajstić information content (AvgIpc) is 2.68. The summed E-state index contributed by atoms with van der Waals surface area (Å²) in [6.07, 6.45) is 1.47. The molecule has 0 spiro atoms. The highest BCUT2D eigenvalue weighted by Gasteiger charge is 2.03. The first-order valence-electron chi connectivity index (χ1n) is 4.22. The summed E-state index contributed by atoms with van der Waals surface area (Å²) in [6.45, 7) is 0. The molecule has 0 aliphatic carbocycles. The second kappa shape index (κ2) is 4.07. The zero-order valence-electron chi connectivity index (χ0n) is 7.42. The number of rotatable bonds is 2. The van der Waals surface area contributed by atoms with E-state index in [-0.39, 0.29) is 0 Å². The quantitative estimate of drug-likeness (QED) is 0.453. The molecule has 0 fully saturated rings. The Hall–Kier alpha value is -1.61. The van der Waals surface area contributed by atoms with Gasteiger partial charge in [-0.1, -0.05) is 35.5 Å². The van der Waals surface area contributed by atoms with Crippen LogP contribution in [0.15, 0.2) is 46.9 Å². The maximum Gasteiger partial charge on any atom is 0.0839 e. The minimum Gasteiger partial charge on any atom is -0.411 e. The third kappa shape index (κ3) is 1.67. The van der Waals surface area contributed by atoms with Crippen LogP contribution in [0.4, 0.5) is 0 Å². The molecule has 1 aromatic carbocycles. The molecule has 0 unspecified atom stereocenters. The van der Waals surface area contributed by atoms with Crippen molar-refractivity contribution < 1.29 is 5.21 Å². The second-order valence-corrected chi connectivity index (χ2v) is 3.76. The first kappa shape index (κ1) is 8.97. The number of hydrogen-bond donors (Lipinski definition) is 1. The second-order valence-electron chi connectivity index (χ2n) is 2.81. The van der Waals surface area contributed by atoms with Gasteiger partial charge in [0.25, 0.3) is 0 Å². The molecule has 2 rings (SSSR count). The third-order valence-electron chi connectivity index (χ3n) is 1.95. The maximum atomic E-state index is 8.49. The molecule has 1 heterocycles. The van der Waals surface area contributed by atoms with Crippen LogP contribution in [0.1, 0.15) is 4.88 Å². The van der Waals surface area contributed by atoms with E-state index in [1.54, 1.807) is 11.3 Å². The van der Waals surface area contributed by atoms with Gasteiger partial charge < -0.3 is 5.21 Å². The zero-order valence-corrected chi connectivity index (χ0v) is 8.24. The Balaban J connectivity index is 2.47. The molecule has 1 N–H and O–H groups in total. The SMILES string of the molecule is O/N=C/c1sccc1-c1ccccc1. The summed E-state index contributed by atoms with van der Waals surface area (Å²) in [4.78, 5) is 0.971. The van der Waals surface area contributed by atoms with Gasteiger partial charge >= 0.3 is 0 Å². The Kier molecular flexibility index (Phi) is 2.60. The Morgan fingerprint density at radius 2 is 1.93 bits per heavy atom. The lowest BCUT2D eigenvalue weighted by Gasteiger charge is -1.98. The minimum absolute atomic E-state index is 0.971. The molecule has 14 heavy (non-hydrogen) atoms. The monoisotopic (exact) mass is 203 g/mol. The highest BCUT2D eigenvalue weighted by molar-refractivity contribution is 7.12. The molecular weight excluding hydrogens is 194 g/mol. The van der Waals surface area contributed by atoms with Crippen molar-refractivity contribution in [3.63, 3.8) is 0 Å². The molecule has 0 radical (unpaired) electrons. The molecule has 0 saturated heterocycles. The van der Waals surface area contributed by atoms with E-state index in [1.165, 1.54) is 6.21 Å². The van der Waals surface area contributed by atoms with Crippen molar-refractivity contribution in [2.24, 2.45) is 5.16 Å². The number of benzene rings is 1. The fourth-order valence-corrected chi connectivity index (χ4v) is 2.10. The molecule has 1 aromatic heterocycles. The molecule has 0 bridgehead atoms. The maximum absolute atomic E-state index is 8.49. The Morgan fingerprint density at radius 1 is 1.14 bits per heavy atom. The lowest BCUT2D eigenvalue weighted by Crippen LogP contribution is -1.80. The summed E-state index contributed by atoms with van der Waals surface area (Å²) in [6, 6.07) is 12.1. The third-order valence-corrected chi connectivity index (χ3v) is 2.81. The fourth-order valence-electron chi connectivity index (χ4n) is 1.33. The molecule has 0 amide bonds. The molecule has 2 aromatic rings. The van der Waals surface area contributed by atoms with E-state index in [0.717, 1.165) is 16.0 Å². The minimum atomic E-state index is 0.971. The zero-order chi connectivity index (χ0) is 9.80.